The van der Waals surface area contributed by atoms with Gasteiger partial charge < -0.3 is 5.73 Å². The monoisotopic (exact) mass is 271 g/mol. The van der Waals surface area contributed by atoms with Crippen LogP contribution < -0.4 is 10.5 Å². The van der Waals surface area contributed by atoms with E-state index in [0.717, 1.165) is 6.42 Å². The van der Waals surface area contributed by atoms with Crippen molar-refractivity contribution in [2.75, 3.05) is 24.9 Å². The molecule has 0 spiro atoms. The zero-order valence-corrected chi connectivity index (χ0v) is 11.7. The van der Waals surface area contributed by atoms with Crippen LogP contribution in [0.5, 0.6) is 0 Å². The maximum atomic E-state index is 11.9. The number of aryl methyl sites for hydroxylation is 1. The number of rotatable bonds is 7. The maximum Gasteiger partial charge on any atom is 0.301 e. The predicted molar refractivity (Wildman–Crippen MR) is 74.7 cm³/mol. The molecular formula is C12H21N3O2S. The predicted octanol–water partition coefficient (Wildman–Crippen LogP) is 1.19. The van der Waals surface area contributed by atoms with E-state index in [-0.39, 0.29) is 0 Å². The number of nitrogens with zero attached hydrogens (tertiary/aromatic N) is 1. The van der Waals surface area contributed by atoms with E-state index in [4.69, 9.17) is 5.73 Å². The Morgan fingerprint density at radius 3 is 2.39 bits per heavy atom. The first-order valence-corrected chi connectivity index (χ1v) is 7.46. The minimum absolute atomic E-state index is 0.416. The summed E-state index contributed by atoms with van der Waals surface area (Å²) < 4.78 is 27.7. The first kappa shape index (κ1) is 14.9. The molecule has 1 aromatic carbocycles. The quantitative estimate of drug-likeness (QED) is 0.782. The summed E-state index contributed by atoms with van der Waals surface area (Å²) in [5.41, 5.74) is 7.11. The molecule has 0 amide bonds. The van der Waals surface area contributed by atoms with Crippen LogP contribution in [0.15, 0.2) is 24.3 Å². The van der Waals surface area contributed by atoms with E-state index in [1.54, 1.807) is 19.2 Å². The summed E-state index contributed by atoms with van der Waals surface area (Å²) in [7, 11) is -1.94. The second-order valence-corrected chi connectivity index (χ2v) is 5.90. The summed E-state index contributed by atoms with van der Waals surface area (Å²) in [4.78, 5) is 0. The molecule has 3 N–H and O–H groups in total. The molecule has 5 nitrogen and oxygen atoms in total. The summed E-state index contributed by atoms with van der Waals surface area (Å²) in [5.74, 6) is 0. The summed E-state index contributed by atoms with van der Waals surface area (Å²) in [6.07, 6.45) is 1.58. The Bertz CT molecular complexity index is 457. The first-order valence-electron chi connectivity index (χ1n) is 6.02. The highest BCUT2D eigenvalue weighted by Gasteiger charge is 2.16. The van der Waals surface area contributed by atoms with Crippen LogP contribution in [-0.4, -0.2) is 32.9 Å². The third-order valence-electron chi connectivity index (χ3n) is 2.70. The van der Waals surface area contributed by atoms with Gasteiger partial charge in [0.25, 0.3) is 0 Å². The van der Waals surface area contributed by atoms with Crippen molar-refractivity contribution in [3.8, 4) is 0 Å². The van der Waals surface area contributed by atoms with Gasteiger partial charge in [0.2, 0.25) is 0 Å². The van der Waals surface area contributed by atoms with Crippen LogP contribution in [0, 0.1) is 0 Å². The molecule has 0 aromatic heterocycles. The van der Waals surface area contributed by atoms with Gasteiger partial charge in [0, 0.05) is 19.3 Å². The molecule has 0 unspecified atom stereocenters. The fraction of sp³-hybridized carbons (Fsp3) is 0.500. The summed E-state index contributed by atoms with van der Waals surface area (Å²) >= 11 is 0. The van der Waals surface area contributed by atoms with Crippen molar-refractivity contribution in [2.24, 2.45) is 5.73 Å². The number of hydrogen-bond acceptors (Lipinski definition) is 3. The number of nitrogens with two attached hydrogens (primary N) is 1. The lowest BCUT2D eigenvalue weighted by atomic mass is 10.2. The average Bonchev–Trinajstić information content (AvgIpc) is 2.36. The van der Waals surface area contributed by atoms with Gasteiger partial charge in [-0.15, -0.1) is 0 Å². The molecule has 6 heteroatoms. The van der Waals surface area contributed by atoms with Crippen LogP contribution >= 0.6 is 0 Å². The standard InChI is InChI=1S/C12H21N3O2S/c1-3-11-5-7-12(8-6-11)14-18(16,17)15(2)10-4-9-13/h5-8,14H,3-4,9-10,13H2,1-2H3. The number of nitrogens with one attached hydrogen (secondary N) is 1. The first-order chi connectivity index (χ1) is 8.49. The van der Waals surface area contributed by atoms with E-state index in [2.05, 4.69) is 11.6 Å². The Kier molecular flexibility index (Phi) is 5.58. The zero-order chi connectivity index (χ0) is 13.6. The fourth-order valence-corrected chi connectivity index (χ4v) is 2.43. The smallest absolute Gasteiger partial charge is 0.301 e. The molecule has 18 heavy (non-hydrogen) atoms. The summed E-state index contributed by atoms with van der Waals surface area (Å²) in [6.45, 7) is 2.95. The van der Waals surface area contributed by atoms with Crippen LogP contribution in [-0.2, 0) is 16.6 Å². The van der Waals surface area contributed by atoms with Crippen molar-refractivity contribution in [3.05, 3.63) is 29.8 Å². The van der Waals surface area contributed by atoms with Crippen molar-refractivity contribution >= 4 is 15.9 Å². The van der Waals surface area contributed by atoms with Crippen LogP contribution in [0.25, 0.3) is 0 Å². The van der Waals surface area contributed by atoms with Crippen LogP contribution in [0.3, 0.4) is 0 Å². The van der Waals surface area contributed by atoms with Crippen LogP contribution in [0.4, 0.5) is 5.69 Å². The third-order valence-corrected chi connectivity index (χ3v) is 4.19. The van der Waals surface area contributed by atoms with Crippen molar-refractivity contribution < 1.29 is 8.42 Å². The van der Waals surface area contributed by atoms with E-state index in [9.17, 15) is 8.42 Å². The van der Waals surface area contributed by atoms with Crippen molar-refractivity contribution in [1.29, 1.82) is 0 Å². The molecular weight excluding hydrogens is 250 g/mol. The molecule has 0 aliphatic heterocycles. The second kappa shape index (κ2) is 6.72. The van der Waals surface area contributed by atoms with Gasteiger partial charge >= 0.3 is 10.2 Å². The lowest BCUT2D eigenvalue weighted by Crippen LogP contribution is -2.34. The molecule has 0 saturated heterocycles. The van der Waals surface area contributed by atoms with Gasteiger partial charge in [0.15, 0.2) is 0 Å². The molecule has 0 atom stereocenters. The minimum atomic E-state index is -3.48. The van der Waals surface area contributed by atoms with Gasteiger partial charge in [-0.25, -0.2) is 0 Å². The largest absolute Gasteiger partial charge is 0.330 e. The Labute approximate surface area is 109 Å². The molecule has 102 valence electrons. The normalized spacial score (nSPS) is 11.8. The Morgan fingerprint density at radius 2 is 1.89 bits per heavy atom. The van der Waals surface area contributed by atoms with E-state index in [0.29, 0.717) is 25.2 Å². The lowest BCUT2D eigenvalue weighted by Gasteiger charge is -2.18. The second-order valence-electron chi connectivity index (χ2n) is 4.12. The van der Waals surface area contributed by atoms with Gasteiger partial charge in [-0.2, -0.15) is 12.7 Å². The molecule has 0 heterocycles. The molecule has 0 aliphatic carbocycles. The highest BCUT2D eigenvalue weighted by molar-refractivity contribution is 7.90. The Morgan fingerprint density at radius 1 is 1.28 bits per heavy atom. The number of benzene rings is 1. The SMILES string of the molecule is CCc1ccc(NS(=O)(=O)N(C)CCCN)cc1. The lowest BCUT2D eigenvalue weighted by molar-refractivity contribution is 0.468. The zero-order valence-electron chi connectivity index (χ0n) is 10.9. The van der Waals surface area contributed by atoms with Crippen LogP contribution in [0.2, 0.25) is 0 Å². The summed E-state index contributed by atoms with van der Waals surface area (Å²) in [5, 5.41) is 0. The highest BCUT2D eigenvalue weighted by atomic mass is 32.2. The molecule has 0 saturated carbocycles. The van der Waals surface area contributed by atoms with E-state index in [1.165, 1.54) is 9.87 Å². The Hall–Kier alpha value is -1.11. The minimum Gasteiger partial charge on any atom is -0.330 e. The molecule has 0 radical (unpaired) electrons. The van der Waals surface area contributed by atoms with Gasteiger partial charge in [-0.3, -0.25) is 4.72 Å². The molecule has 0 fully saturated rings. The molecule has 0 bridgehead atoms. The topological polar surface area (TPSA) is 75.4 Å². The molecule has 1 rings (SSSR count). The number of hydrogen-bond donors (Lipinski definition) is 2. The summed E-state index contributed by atoms with van der Waals surface area (Å²) in [6, 6.07) is 7.37. The van der Waals surface area contributed by atoms with Crippen LogP contribution in [0.1, 0.15) is 18.9 Å². The van der Waals surface area contributed by atoms with Crippen molar-refractivity contribution in [3.63, 3.8) is 0 Å². The number of anilines is 1. The van der Waals surface area contributed by atoms with E-state index < -0.39 is 10.2 Å². The average molecular weight is 271 g/mol. The maximum absolute atomic E-state index is 11.9. The highest BCUT2D eigenvalue weighted by Crippen LogP contribution is 2.13. The van der Waals surface area contributed by atoms with Crippen molar-refractivity contribution in [1.82, 2.24) is 4.31 Å². The van der Waals surface area contributed by atoms with E-state index >= 15 is 0 Å². The van der Waals surface area contributed by atoms with E-state index in [1.807, 2.05) is 12.1 Å². The molecule has 0 aliphatic rings. The fourth-order valence-electron chi connectivity index (χ4n) is 1.47. The van der Waals surface area contributed by atoms with Gasteiger partial charge in [0.05, 0.1) is 0 Å². The van der Waals surface area contributed by atoms with Gasteiger partial charge in [-0.05, 0) is 37.1 Å². The third kappa shape index (κ3) is 4.29. The Balaban J connectivity index is 2.69. The van der Waals surface area contributed by atoms with Gasteiger partial charge in [-0.1, -0.05) is 19.1 Å². The molecule has 1 aromatic rings. The van der Waals surface area contributed by atoms with Gasteiger partial charge in [0.1, 0.15) is 0 Å². The van der Waals surface area contributed by atoms with Crippen molar-refractivity contribution in [2.45, 2.75) is 19.8 Å².